The summed E-state index contributed by atoms with van der Waals surface area (Å²) in [6.07, 6.45) is 0. The third-order valence-electron chi connectivity index (χ3n) is 4.85. The highest BCUT2D eigenvalue weighted by molar-refractivity contribution is 5.79. The van der Waals surface area contributed by atoms with Crippen molar-refractivity contribution in [3.05, 3.63) is 88.3 Å². The molecule has 6 heteroatoms. The van der Waals surface area contributed by atoms with Gasteiger partial charge in [-0.15, -0.1) is 0 Å². The van der Waals surface area contributed by atoms with Crippen LogP contribution in [0.3, 0.4) is 0 Å². The van der Waals surface area contributed by atoms with Gasteiger partial charge in [0.15, 0.2) is 0 Å². The number of benzene rings is 3. The van der Waals surface area contributed by atoms with E-state index in [1.54, 1.807) is 63.6 Å². The molecule has 0 atom stereocenters. The van der Waals surface area contributed by atoms with Crippen molar-refractivity contribution in [3.63, 3.8) is 0 Å². The van der Waals surface area contributed by atoms with Gasteiger partial charge in [-0.3, -0.25) is 4.79 Å². The summed E-state index contributed by atoms with van der Waals surface area (Å²) in [6, 6.07) is 19.8. The van der Waals surface area contributed by atoms with Crippen LogP contribution in [-0.2, 0) is 6.61 Å². The summed E-state index contributed by atoms with van der Waals surface area (Å²) in [6.45, 7) is 2.03. The summed E-state index contributed by atoms with van der Waals surface area (Å²) in [5.41, 5.74) is 1.11. The van der Waals surface area contributed by atoms with Gasteiger partial charge in [0, 0.05) is 11.6 Å². The van der Waals surface area contributed by atoms with Crippen molar-refractivity contribution in [2.45, 2.75) is 13.5 Å². The minimum Gasteiger partial charge on any atom is -0.497 e. The van der Waals surface area contributed by atoms with Gasteiger partial charge < -0.3 is 23.4 Å². The molecule has 4 aromatic rings. The zero-order valence-corrected chi connectivity index (χ0v) is 17.5. The Bertz CT molecular complexity index is 1260. The van der Waals surface area contributed by atoms with Gasteiger partial charge in [-0.1, -0.05) is 18.2 Å². The number of aryl methyl sites for hydroxylation is 1. The van der Waals surface area contributed by atoms with Gasteiger partial charge >= 0.3 is 0 Å². The molecule has 0 spiro atoms. The molecular formula is C25H22O6. The fraction of sp³-hybridized carbons (Fsp3) is 0.160. The van der Waals surface area contributed by atoms with Crippen LogP contribution in [-0.4, -0.2) is 14.2 Å². The fourth-order valence-corrected chi connectivity index (χ4v) is 3.22. The minimum absolute atomic E-state index is 0.153. The van der Waals surface area contributed by atoms with Crippen LogP contribution < -0.4 is 24.4 Å². The number of hydrogen-bond donors (Lipinski definition) is 0. The predicted molar refractivity (Wildman–Crippen MR) is 118 cm³/mol. The summed E-state index contributed by atoms with van der Waals surface area (Å²) in [5, 5.41) is 0.416. The Morgan fingerprint density at radius 2 is 1.55 bits per heavy atom. The van der Waals surface area contributed by atoms with Crippen LogP contribution >= 0.6 is 0 Å². The summed E-state index contributed by atoms with van der Waals surface area (Å²) in [5.74, 6) is 3.11. The van der Waals surface area contributed by atoms with Crippen molar-refractivity contribution in [3.8, 4) is 28.7 Å². The highest BCUT2D eigenvalue weighted by Gasteiger charge is 2.15. The smallest absolute Gasteiger partial charge is 0.235 e. The van der Waals surface area contributed by atoms with E-state index in [-0.39, 0.29) is 11.2 Å². The van der Waals surface area contributed by atoms with Crippen LogP contribution in [0.15, 0.2) is 75.9 Å². The van der Waals surface area contributed by atoms with Crippen molar-refractivity contribution in [1.82, 2.24) is 0 Å². The van der Waals surface area contributed by atoms with E-state index < -0.39 is 0 Å². The minimum atomic E-state index is -0.245. The lowest BCUT2D eigenvalue weighted by Crippen LogP contribution is -2.07. The van der Waals surface area contributed by atoms with Gasteiger partial charge in [0.25, 0.3) is 0 Å². The third kappa shape index (κ3) is 4.33. The van der Waals surface area contributed by atoms with E-state index in [2.05, 4.69) is 0 Å². The molecule has 0 amide bonds. The van der Waals surface area contributed by atoms with Crippen molar-refractivity contribution >= 4 is 11.0 Å². The molecule has 31 heavy (non-hydrogen) atoms. The normalized spacial score (nSPS) is 10.7. The van der Waals surface area contributed by atoms with Crippen molar-refractivity contribution < 1.29 is 23.4 Å². The van der Waals surface area contributed by atoms with Crippen LogP contribution in [0.1, 0.15) is 11.3 Å². The van der Waals surface area contributed by atoms with Crippen LogP contribution in [0.5, 0.6) is 28.7 Å². The average molecular weight is 418 g/mol. The summed E-state index contributed by atoms with van der Waals surface area (Å²) in [7, 11) is 3.21. The Hall–Kier alpha value is -3.93. The second-order valence-electron chi connectivity index (χ2n) is 6.85. The number of fused-ring (bicyclic) bond motifs is 1. The number of hydrogen-bond acceptors (Lipinski definition) is 6. The monoisotopic (exact) mass is 418 g/mol. The van der Waals surface area contributed by atoms with Crippen molar-refractivity contribution in [2.24, 2.45) is 0 Å². The summed E-state index contributed by atoms with van der Waals surface area (Å²) < 4.78 is 28.1. The maximum Gasteiger partial charge on any atom is 0.235 e. The molecule has 0 bridgehead atoms. The fourth-order valence-electron chi connectivity index (χ4n) is 3.22. The first-order valence-electron chi connectivity index (χ1n) is 9.73. The molecule has 6 nitrogen and oxygen atoms in total. The molecule has 4 rings (SSSR count). The van der Waals surface area contributed by atoms with E-state index in [1.165, 1.54) is 0 Å². The first kappa shape index (κ1) is 20.3. The molecule has 0 saturated heterocycles. The van der Waals surface area contributed by atoms with E-state index in [9.17, 15) is 4.79 Å². The van der Waals surface area contributed by atoms with Gasteiger partial charge in [-0.05, 0) is 49.4 Å². The maximum absolute atomic E-state index is 13.0. The average Bonchev–Trinajstić information content (AvgIpc) is 2.80. The Kier molecular flexibility index (Phi) is 5.80. The van der Waals surface area contributed by atoms with E-state index in [0.29, 0.717) is 40.6 Å². The van der Waals surface area contributed by atoms with Gasteiger partial charge in [0.2, 0.25) is 11.2 Å². The summed E-state index contributed by atoms with van der Waals surface area (Å²) in [4.78, 5) is 13.0. The molecular weight excluding hydrogens is 396 g/mol. The van der Waals surface area contributed by atoms with Crippen LogP contribution in [0, 0.1) is 6.92 Å². The van der Waals surface area contributed by atoms with Crippen LogP contribution in [0.4, 0.5) is 0 Å². The number of para-hydroxylation sites is 1. The predicted octanol–water partition coefficient (Wildman–Crippen LogP) is 5.49. The topological polar surface area (TPSA) is 67.1 Å². The van der Waals surface area contributed by atoms with E-state index in [0.717, 1.165) is 11.3 Å². The highest BCUT2D eigenvalue weighted by Crippen LogP contribution is 2.29. The van der Waals surface area contributed by atoms with Crippen LogP contribution in [0.25, 0.3) is 11.0 Å². The van der Waals surface area contributed by atoms with Crippen molar-refractivity contribution in [2.75, 3.05) is 14.2 Å². The molecule has 0 aliphatic carbocycles. The maximum atomic E-state index is 13.0. The van der Waals surface area contributed by atoms with Gasteiger partial charge in [0.05, 0.1) is 19.6 Å². The molecule has 1 heterocycles. The Labute approximate surface area is 179 Å². The highest BCUT2D eigenvalue weighted by atomic mass is 16.5. The Morgan fingerprint density at radius 3 is 2.29 bits per heavy atom. The molecule has 1 aromatic heterocycles. The molecule has 0 aliphatic rings. The molecule has 0 N–H and O–H groups in total. The lowest BCUT2D eigenvalue weighted by Gasteiger charge is -2.12. The number of methoxy groups -OCH3 is 2. The Morgan fingerprint density at radius 1 is 0.839 bits per heavy atom. The number of rotatable bonds is 7. The molecule has 0 saturated carbocycles. The Balaban J connectivity index is 1.59. The SMILES string of the molecule is COc1ccc(Oc2c(C)oc3cc(OCc4ccccc4OC)ccc3c2=O)cc1. The molecule has 0 fully saturated rings. The van der Waals surface area contributed by atoms with E-state index in [1.807, 2.05) is 24.3 Å². The largest absolute Gasteiger partial charge is 0.497 e. The lowest BCUT2D eigenvalue weighted by molar-refractivity contribution is 0.296. The molecule has 0 aliphatic heterocycles. The van der Waals surface area contributed by atoms with Crippen molar-refractivity contribution in [1.29, 1.82) is 0 Å². The zero-order chi connectivity index (χ0) is 21.8. The standard InChI is InChI=1S/C25H22O6/c1-16-25(31-19-10-8-18(27-2)9-11-19)24(26)21-13-12-20(14-23(21)30-16)29-15-17-6-4-5-7-22(17)28-3/h4-14H,15H2,1-3H3. The number of ether oxygens (including phenoxy) is 4. The molecule has 0 radical (unpaired) electrons. The van der Waals surface area contributed by atoms with Gasteiger partial charge in [0.1, 0.15) is 40.9 Å². The molecule has 158 valence electrons. The summed E-state index contributed by atoms with van der Waals surface area (Å²) >= 11 is 0. The first-order chi connectivity index (χ1) is 15.1. The molecule has 0 unspecified atom stereocenters. The zero-order valence-electron chi connectivity index (χ0n) is 17.5. The molecule has 3 aromatic carbocycles. The van der Waals surface area contributed by atoms with Crippen LogP contribution in [0.2, 0.25) is 0 Å². The second-order valence-corrected chi connectivity index (χ2v) is 6.85. The van der Waals surface area contributed by atoms with E-state index >= 15 is 0 Å². The van der Waals surface area contributed by atoms with Gasteiger partial charge in [-0.2, -0.15) is 0 Å². The van der Waals surface area contributed by atoms with Gasteiger partial charge in [-0.25, -0.2) is 0 Å². The quantitative estimate of drug-likeness (QED) is 0.395. The third-order valence-corrected chi connectivity index (χ3v) is 4.85. The first-order valence-corrected chi connectivity index (χ1v) is 9.73. The second kappa shape index (κ2) is 8.83. The lowest BCUT2D eigenvalue weighted by atomic mass is 10.2. The van der Waals surface area contributed by atoms with E-state index in [4.69, 9.17) is 23.4 Å².